The van der Waals surface area contributed by atoms with Gasteiger partial charge in [-0.3, -0.25) is 0 Å². The average Bonchev–Trinajstić information content (AvgIpc) is 2.83. The highest BCUT2D eigenvalue weighted by molar-refractivity contribution is 9.11. The number of para-hydroxylation sites is 1. The molecule has 94 valence electrons. The summed E-state index contributed by atoms with van der Waals surface area (Å²) in [5.41, 5.74) is 0.887. The van der Waals surface area contributed by atoms with Gasteiger partial charge in [0.05, 0.1) is 10.9 Å². The fourth-order valence-corrected chi connectivity index (χ4v) is 3.01. The third kappa shape index (κ3) is 3.11. The van der Waals surface area contributed by atoms with Crippen molar-refractivity contribution in [1.29, 1.82) is 0 Å². The van der Waals surface area contributed by atoms with Crippen LogP contribution < -0.4 is 5.32 Å². The number of halogens is 1. The molecule has 2 aromatic rings. The lowest BCUT2D eigenvalue weighted by molar-refractivity contribution is -0.141. The average molecular weight is 326 g/mol. The van der Waals surface area contributed by atoms with Gasteiger partial charge in [-0.1, -0.05) is 18.2 Å². The second-order valence-electron chi connectivity index (χ2n) is 3.61. The summed E-state index contributed by atoms with van der Waals surface area (Å²) in [5, 5.41) is 3.17. The highest BCUT2D eigenvalue weighted by atomic mass is 79.9. The monoisotopic (exact) mass is 325 g/mol. The predicted molar refractivity (Wildman–Crippen MR) is 76.8 cm³/mol. The van der Waals surface area contributed by atoms with E-state index in [1.54, 1.807) is 0 Å². The molecule has 1 aromatic carbocycles. The van der Waals surface area contributed by atoms with Crippen molar-refractivity contribution in [2.75, 3.05) is 12.4 Å². The molecule has 0 saturated heterocycles. The number of carbonyl (C=O) groups is 1. The first-order valence-electron chi connectivity index (χ1n) is 5.35. The number of thiophene rings is 1. The van der Waals surface area contributed by atoms with Crippen molar-refractivity contribution in [3.63, 3.8) is 0 Å². The van der Waals surface area contributed by atoms with Gasteiger partial charge in [0.25, 0.3) is 0 Å². The Kier molecular flexibility index (Phi) is 4.38. The Morgan fingerprint density at radius 3 is 2.56 bits per heavy atom. The van der Waals surface area contributed by atoms with Crippen LogP contribution in [0.3, 0.4) is 0 Å². The van der Waals surface area contributed by atoms with Crippen LogP contribution in [-0.2, 0) is 9.53 Å². The van der Waals surface area contributed by atoms with E-state index >= 15 is 0 Å². The van der Waals surface area contributed by atoms with Crippen LogP contribution in [0.25, 0.3) is 0 Å². The zero-order valence-electron chi connectivity index (χ0n) is 9.72. The van der Waals surface area contributed by atoms with Gasteiger partial charge in [0.1, 0.15) is 0 Å². The van der Waals surface area contributed by atoms with Gasteiger partial charge in [0.2, 0.25) is 0 Å². The van der Waals surface area contributed by atoms with E-state index in [9.17, 15) is 4.79 Å². The summed E-state index contributed by atoms with van der Waals surface area (Å²) >= 11 is 4.91. The van der Waals surface area contributed by atoms with Gasteiger partial charge in [-0.15, -0.1) is 11.3 Å². The lowest BCUT2D eigenvalue weighted by atomic mass is 10.2. The summed E-state index contributed by atoms with van der Waals surface area (Å²) in [4.78, 5) is 12.7. The Bertz CT molecular complexity index is 527. The fourth-order valence-electron chi connectivity index (χ4n) is 1.55. The fraction of sp³-hybridized carbons (Fsp3) is 0.154. The molecule has 0 bridgehead atoms. The van der Waals surface area contributed by atoms with Crippen molar-refractivity contribution in [2.45, 2.75) is 6.04 Å². The Labute approximate surface area is 118 Å². The molecule has 1 aromatic heterocycles. The SMILES string of the molecule is COC(=O)C(Nc1ccccc1)c1ccc(Br)s1. The molecule has 0 amide bonds. The van der Waals surface area contributed by atoms with E-state index in [-0.39, 0.29) is 5.97 Å². The number of nitrogens with one attached hydrogen (secondary N) is 1. The molecular formula is C13H12BrNO2S. The maximum absolute atomic E-state index is 11.8. The molecule has 1 atom stereocenters. The topological polar surface area (TPSA) is 38.3 Å². The third-order valence-corrected chi connectivity index (χ3v) is 4.09. The standard InChI is InChI=1S/C13H12BrNO2S/c1-17-13(16)12(10-7-8-11(14)18-10)15-9-5-3-2-4-6-9/h2-8,12,15H,1H3. The van der Waals surface area contributed by atoms with Crippen LogP contribution in [-0.4, -0.2) is 13.1 Å². The molecule has 1 N–H and O–H groups in total. The molecule has 18 heavy (non-hydrogen) atoms. The summed E-state index contributed by atoms with van der Waals surface area (Å²) in [6, 6.07) is 12.9. The summed E-state index contributed by atoms with van der Waals surface area (Å²) in [6.45, 7) is 0. The van der Waals surface area contributed by atoms with E-state index < -0.39 is 6.04 Å². The van der Waals surface area contributed by atoms with Gasteiger partial charge in [0, 0.05) is 10.6 Å². The molecule has 2 rings (SSSR count). The lowest BCUT2D eigenvalue weighted by Gasteiger charge is -2.16. The number of benzene rings is 1. The number of anilines is 1. The molecule has 0 radical (unpaired) electrons. The minimum Gasteiger partial charge on any atom is -0.467 e. The van der Waals surface area contributed by atoms with Crippen molar-refractivity contribution in [3.05, 3.63) is 51.1 Å². The summed E-state index contributed by atoms with van der Waals surface area (Å²) in [5.74, 6) is -0.298. The minimum absolute atomic E-state index is 0.298. The van der Waals surface area contributed by atoms with Crippen LogP contribution in [0.2, 0.25) is 0 Å². The zero-order chi connectivity index (χ0) is 13.0. The molecule has 1 heterocycles. The normalized spacial score (nSPS) is 11.9. The van der Waals surface area contributed by atoms with Gasteiger partial charge in [-0.2, -0.15) is 0 Å². The number of methoxy groups -OCH3 is 1. The molecular weight excluding hydrogens is 314 g/mol. The molecule has 0 aliphatic heterocycles. The first-order valence-corrected chi connectivity index (χ1v) is 6.96. The molecule has 0 aliphatic rings. The number of carbonyl (C=O) groups excluding carboxylic acids is 1. The second-order valence-corrected chi connectivity index (χ2v) is 6.10. The van der Waals surface area contributed by atoms with E-state index in [4.69, 9.17) is 4.74 Å². The Balaban J connectivity index is 2.24. The Morgan fingerprint density at radius 1 is 1.28 bits per heavy atom. The van der Waals surface area contributed by atoms with Crippen LogP contribution in [0.1, 0.15) is 10.9 Å². The summed E-state index contributed by atoms with van der Waals surface area (Å²) in [7, 11) is 1.39. The van der Waals surface area contributed by atoms with Crippen LogP contribution in [0.4, 0.5) is 5.69 Å². The van der Waals surface area contributed by atoms with Gasteiger partial charge in [0.15, 0.2) is 6.04 Å². The van der Waals surface area contributed by atoms with Crippen molar-refractivity contribution in [2.24, 2.45) is 0 Å². The molecule has 5 heteroatoms. The van der Waals surface area contributed by atoms with Crippen LogP contribution in [0.15, 0.2) is 46.3 Å². The van der Waals surface area contributed by atoms with Gasteiger partial charge < -0.3 is 10.1 Å². The predicted octanol–water partition coefficient (Wildman–Crippen LogP) is 3.84. The quantitative estimate of drug-likeness (QED) is 0.868. The number of esters is 1. The lowest BCUT2D eigenvalue weighted by Crippen LogP contribution is -2.21. The van der Waals surface area contributed by atoms with Gasteiger partial charge in [-0.25, -0.2) is 4.79 Å². The maximum Gasteiger partial charge on any atom is 0.333 e. The Hall–Kier alpha value is -1.33. The van der Waals surface area contributed by atoms with Crippen molar-refractivity contribution < 1.29 is 9.53 Å². The molecule has 0 spiro atoms. The Morgan fingerprint density at radius 2 is 2.00 bits per heavy atom. The molecule has 3 nitrogen and oxygen atoms in total. The number of hydrogen-bond acceptors (Lipinski definition) is 4. The maximum atomic E-state index is 11.8. The van der Waals surface area contributed by atoms with Gasteiger partial charge in [-0.05, 0) is 40.2 Å². The van der Waals surface area contributed by atoms with Crippen molar-refractivity contribution >= 4 is 38.9 Å². The molecule has 0 saturated carbocycles. The van der Waals surface area contributed by atoms with E-state index in [0.717, 1.165) is 14.4 Å². The van der Waals surface area contributed by atoms with Crippen molar-refractivity contribution in [1.82, 2.24) is 0 Å². The van der Waals surface area contributed by atoms with E-state index in [2.05, 4.69) is 21.2 Å². The molecule has 0 fully saturated rings. The number of hydrogen-bond donors (Lipinski definition) is 1. The second kappa shape index (κ2) is 6.02. The van der Waals surface area contributed by atoms with E-state index in [1.165, 1.54) is 18.4 Å². The summed E-state index contributed by atoms with van der Waals surface area (Å²) < 4.78 is 5.83. The van der Waals surface area contributed by atoms with Crippen LogP contribution >= 0.6 is 27.3 Å². The van der Waals surface area contributed by atoms with Crippen LogP contribution in [0, 0.1) is 0 Å². The van der Waals surface area contributed by atoms with Crippen LogP contribution in [0.5, 0.6) is 0 Å². The smallest absolute Gasteiger partial charge is 0.333 e. The van der Waals surface area contributed by atoms with E-state index in [0.29, 0.717) is 0 Å². The molecule has 1 unspecified atom stereocenters. The summed E-state index contributed by atoms with van der Waals surface area (Å²) in [6.07, 6.45) is 0. The first-order chi connectivity index (χ1) is 8.70. The minimum atomic E-state index is -0.478. The zero-order valence-corrected chi connectivity index (χ0v) is 12.1. The van der Waals surface area contributed by atoms with Crippen molar-refractivity contribution in [3.8, 4) is 0 Å². The highest BCUT2D eigenvalue weighted by Crippen LogP contribution is 2.30. The molecule has 0 aliphatic carbocycles. The number of rotatable bonds is 4. The largest absolute Gasteiger partial charge is 0.467 e. The highest BCUT2D eigenvalue weighted by Gasteiger charge is 2.22. The first kappa shape index (κ1) is 13.1. The number of ether oxygens (including phenoxy) is 1. The third-order valence-electron chi connectivity index (χ3n) is 2.40. The van der Waals surface area contributed by atoms with E-state index in [1.807, 2.05) is 42.5 Å². The van der Waals surface area contributed by atoms with Gasteiger partial charge >= 0.3 is 5.97 Å².